The Morgan fingerprint density at radius 3 is 2.71 bits per heavy atom. The molecule has 0 saturated carbocycles. The van der Waals surface area contributed by atoms with E-state index in [4.69, 9.17) is 5.73 Å². The van der Waals surface area contributed by atoms with Crippen LogP contribution in [0.5, 0.6) is 0 Å². The third-order valence-corrected chi connectivity index (χ3v) is 3.19. The van der Waals surface area contributed by atoms with Crippen molar-refractivity contribution in [3.05, 3.63) is 18.1 Å². The molecule has 0 atom stereocenters. The highest BCUT2D eigenvalue weighted by Crippen LogP contribution is 2.18. The van der Waals surface area contributed by atoms with Gasteiger partial charge in [-0.1, -0.05) is 13.8 Å². The molecule has 1 aromatic rings. The summed E-state index contributed by atoms with van der Waals surface area (Å²) in [6, 6.07) is 2.49. The third-order valence-electron chi connectivity index (χ3n) is 3.19. The fourth-order valence-corrected chi connectivity index (χ4v) is 2.22. The molecule has 1 aromatic heterocycles. The van der Waals surface area contributed by atoms with Crippen LogP contribution in [0.4, 0.5) is 5.82 Å². The number of piperidine rings is 1. The third kappa shape index (κ3) is 3.40. The SMILES string of the molecule is CC(C)Cc1cc(N2CCC(N)CC2)ncn1. The lowest BCUT2D eigenvalue weighted by Gasteiger charge is -2.31. The molecule has 1 saturated heterocycles. The average molecular weight is 234 g/mol. The molecule has 4 nitrogen and oxygen atoms in total. The summed E-state index contributed by atoms with van der Waals surface area (Å²) in [6.07, 6.45) is 4.82. The molecule has 0 spiro atoms. The average Bonchev–Trinajstić information content (AvgIpc) is 2.29. The molecule has 2 rings (SSSR count). The minimum Gasteiger partial charge on any atom is -0.356 e. The van der Waals surface area contributed by atoms with Crippen LogP contribution in [0.2, 0.25) is 0 Å². The first-order chi connectivity index (χ1) is 8.15. The van der Waals surface area contributed by atoms with Gasteiger partial charge in [0.05, 0.1) is 0 Å². The standard InChI is InChI=1S/C13H22N4/c1-10(2)7-12-8-13(16-9-15-12)17-5-3-11(14)4-6-17/h8-11H,3-7,14H2,1-2H3. The molecule has 0 bridgehead atoms. The normalized spacial score (nSPS) is 17.8. The Morgan fingerprint density at radius 2 is 2.06 bits per heavy atom. The molecule has 4 heteroatoms. The van der Waals surface area contributed by atoms with Crippen LogP contribution in [-0.2, 0) is 6.42 Å². The van der Waals surface area contributed by atoms with Crippen molar-refractivity contribution in [1.29, 1.82) is 0 Å². The van der Waals surface area contributed by atoms with Gasteiger partial charge in [-0.15, -0.1) is 0 Å². The Kier molecular flexibility index (Phi) is 3.94. The first-order valence-electron chi connectivity index (χ1n) is 6.46. The number of nitrogens with zero attached hydrogens (tertiary/aromatic N) is 3. The minimum atomic E-state index is 0.364. The van der Waals surface area contributed by atoms with Gasteiger partial charge in [-0.25, -0.2) is 9.97 Å². The molecule has 0 unspecified atom stereocenters. The second kappa shape index (κ2) is 5.45. The number of hydrogen-bond donors (Lipinski definition) is 1. The molecule has 17 heavy (non-hydrogen) atoms. The quantitative estimate of drug-likeness (QED) is 0.863. The maximum absolute atomic E-state index is 5.91. The Bertz CT molecular complexity index is 356. The topological polar surface area (TPSA) is 55.0 Å². The van der Waals surface area contributed by atoms with Crippen LogP contribution in [0, 0.1) is 5.92 Å². The van der Waals surface area contributed by atoms with E-state index in [1.807, 2.05) is 0 Å². The second-order valence-electron chi connectivity index (χ2n) is 5.29. The van der Waals surface area contributed by atoms with Crippen molar-refractivity contribution >= 4 is 5.82 Å². The number of rotatable bonds is 3. The summed E-state index contributed by atoms with van der Waals surface area (Å²) in [5.74, 6) is 1.69. The molecule has 0 aromatic carbocycles. The summed E-state index contributed by atoms with van der Waals surface area (Å²) in [5.41, 5.74) is 7.05. The summed E-state index contributed by atoms with van der Waals surface area (Å²) in [4.78, 5) is 11.0. The van der Waals surface area contributed by atoms with Gasteiger partial charge >= 0.3 is 0 Å². The van der Waals surface area contributed by atoms with Crippen LogP contribution in [0.15, 0.2) is 12.4 Å². The first kappa shape index (κ1) is 12.3. The lowest BCUT2D eigenvalue weighted by Crippen LogP contribution is -2.40. The van der Waals surface area contributed by atoms with Crippen molar-refractivity contribution in [3.63, 3.8) is 0 Å². The maximum atomic E-state index is 5.91. The number of aromatic nitrogens is 2. The van der Waals surface area contributed by atoms with Crippen LogP contribution in [0.1, 0.15) is 32.4 Å². The monoisotopic (exact) mass is 234 g/mol. The molecule has 0 amide bonds. The van der Waals surface area contributed by atoms with Crippen LogP contribution in [0.25, 0.3) is 0 Å². The molecule has 94 valence electrons. The molecule has 0 radical (unpaired) electrons. The number of hydrogen-bond acceptors (Lipinski definition) is 4. The van der Waals surface area contributed by atoms with E-state index in [-0.39, 0.29) is 0 Å². The van der Waals surface area contributed by atoms with Crippen molar-refractivity contribution in [3.8, 4) is 0 Å². The zero-order valence-corrected chi connectivity index (χ0v) is 10.8. The molecule has 1 fully saturated rings. The predicted octanol–water partition coefficient (Wildman–Crippen LogP) is 1.60. The smallest absolute Gasteiger partial charge is 0.132 e. The molecule has 2 N–H and O–H groups in total. The Hall–Kier alpha value is -1.16. The van der Waals surface area contributed by atoms with Crippen molar-refractivity contribution in [2.24, 2.45) is 11.7 Å². The van der Waals surface area contributed by atoms with Gasteiger partial charge in [0.15, 0.2) is 0 Å². The minimum absolute atomic E-state index is 0.364. The molecule has 1 aliphatic rings. The van der Waals surface area contributed by atoms with Gasteiger partial charge in [-0.3, -0.25) is 0 Å². The van der Waals surface area contributed by atoms with Gasteiger partial charge in [0.2, 0.25) is 0 Å². The molecular formula is C13H22N4. The van der Waals surface area contributed by atoms with E-state index in [2.05, 4.69) is 34.8 Å². The van der Waals surface area contributed by atoms with Gasteiger partial charge in [0, 0.05) is 30.9 Å². The molecular weight excluding hydrogens is 212 g/mol. The molecule has 0 aliphatic carbocycles. The highest BCUT2D eigenvalue weighted by Gasteiger charge is 2.17. The fourth-order valence-electron chi connectivity index (χ4n) is 2.22. The van der Waals surface area contributed by atoms with E-state index < -0.39 is 0 Å². The van der Waals surface area contributed by atoms with Crippen LogP contribution in [-0.4, -0.2) is 29.1 Å². The van der Waals surface area contributed by atoms with Crippen molar-refractivity contribution < 1.29 is 0 Å². The molecule has 2 heterocycles. The summed E-state index contributed by atoms with van der Waals surface area (Å²) in [7, 11) is 0. The van der Waals surface area contributed by atoms with Gasteiger partial charge in [0.1, 0.15) is 12.1 Å². The molecule has 1 aliphatic heterocycles. The summed E-state index contributed by atoms with van der Waals surface area (Å²) in [5, 5.41) is 0. The summed E-state index contributed by atoms with van der Waals surface area (Å²) >= 11 is 0. The largest absolute Gasteiger partial charge is 0.356 e. The first-order valence-corrected chi connectivity index (χ1v) is 6.46. The van der Waals surface area contributed by atoms with E-state index in [1.54, 1.807) is 6.33 Å². The lowest BCUT2D eigenvalue weighted by molar-refractivity contribution is 0.498. The zero-order chi connectivity index (χ0) is 12.3. The Labute approximate surface area is 103 Å². The highest BCUT2D eigenvalue weighted by molar-refractivity contribution is 5.39. The summed E-state index contributed by atoms with van der Waals surface area (Å²) in [6.45, 7) is 6.45. The van der Waals surface area contributed by atoms with E-state index in [0.717, 1.165) is 43.9 Å². The highest BCUT2D eigenvalue weighted by atomic mass is 15.2. The van der Waals surface area contributed by atoms with E-state index in [0.29, 0.717) is 12.0 Å². The van der Waals surface area contributed by atoms with Crippen LogP contribution < -0.4 is 10.6 Å². The zero-order valence-electron chi connectivity index (χ0n) is 10.8. The Balaban J connectivity index is 2.05. The van der Waals surface area contributed by atoms with Crippen molar-refractivity contribution in [2.75, 3.05) is 18.0 Å². The van der Waals surface area contributed by atoms with Gasteiger partial charge < -0.3 is 10.6 Å². The van der Waals surface area contributed by atoms with E-state index in [9.17, 15) is 0 Å². The van der Waals surface area contributed by atoms with Crippen LogP contribution >= 0.6 is 0 Å². The predicted molar refractivity (Wildman–Crippen MR) is 70.0 cm³/mol. The lowest BCUT2D eigenvalue weighted by atomic mass is 10.1. The second-order valence-corrected chi connectivity index (χ2v) is 5.29. The Morgan fingerprint density at radius 1 is 1.35 bits per heavy atom. The van der Waals surface area contributed by atoms with Crippen LogP contribution in [0.3, 0.4) is 0 Å². The van der Waals surface area contributed by atoms with E-state index >= 15 is 0 Å². The van der Waals surface area contributed by atoms with Gasteiger partial charge in [-0.2, -0.15) is 0 Å². The fraction of sp³-hybridized carbons (Fsp3) is 0.692. The van der Waals surface area contributed by atoms with Crippen molar-refractivity contribution in [1.82, 2.24) is 9.97 Å². The van der Waals surface area contributed by atoms with Gasteiger partial charge in [-0.05, 0) is 25.2 Å². The van der Waals surface area contributed by atoms with E-state index in [1.165, 1.54) is 0 Å². The number of anilines is 1. The van der Waals surface area contributed by atoms with Crippen molar-refractivity contribution in [2.45, 2.75) is 39.2 Å². The van der Waals surface area contributed by atoms with Gasteiger partial charge in [0.25, 0.3) is 0 Å². The maximum Gasteiger partial charge on any atom is 0.132 e. The summed E-state index contributed by atoms with van der Waals surface area (Å²) < 4.78 is 0. The number of nitrogens with two attached hydrogens (primary N) is 1.